The molecule has 3 heterocycles. The Kier molecular flexibility index (Phi) is 12.3. The Hall–Kier alpha value is -6.62. The fraction of sp³-hybridized carbons (Fsp3) is 0.284. The van der Waals surface area contributed by atoms with E-state index in [1.807, 2.05) is 17.4 Å². The monoisotopic (exact) mass is 944 g/mol. The number of hydrogen-bond donors (Lipinski definition) is 0. The van der Waals surface area contributed by atoms with Gasteiger partial charge in [0.15, 0.2) is 5.82 Å². The smallest absolute Gasteiger partial charge is 0.160 e. The van der Waals surface area contributed by atoms with Crippen LogP contribution in [0.25, 0.3) is 109 Å². The molecule has 0 N–H and O–H groups in total. The van der Waals surface area contributed by atoms with Crippen molar-refractivity contribution in [3.8, 4) is 45.0 Å². The summed E-state index contributed by atoms with van der Waals surface area (Å²) in [5.41, 5.74) is 15.5. The summed E-state index contributed by atoms with van der Waals surface area (Å²) in [6.45, 7) is 9.09. The number of fused-ring (bicyclic) bond motifs is 11. The number of aromatic nitrogens is 2. The average molecular weight is 945 g/mol. The summed E-state index contributed by atoms with van der Waals surface area (Å²) in [6, 6.07) is 54.8. The van der Waals surface area contributed by atoms with E-state index >= 15 is 0 Å². The van der Waals surface area contributed by atoms with Crippen molar-refractivity contribution in [3.63, 3.8) is 0 Å². The van der Waals surface area contributed by atoms with Crippen molar-refractivity contribution in [3.05, 3.63) is 168 Å². The van der Waals surface area contributed by atoms with Crippen LogP contribution >= 0.6 is 11.3 Å². The number of hydrogen-bond acceptors (Lipinski definition) is 4. The Morgan fingerprint density at radius 2 is 1.01 bits per heavy atom. The highest BCUT2D eigenvalue weighted by atomic mass is 32.1. The Morgan fingerprint density at radius 1 is 0.423 bits per heavy atom. The molecule has 71 heavy (non-hydrogen) atoms. The van der Waals surface area contributed by atoms with E-state index in [4.69, 9.17) is 14.4 Å². The number of furan rings is 1. The van der Waals surface area contributed by atoms with Crippen molar-refractivity contribution < 1.29 is 4.42 Å². The largest absolute Gasteiger partial charge is 0.456 e. The maximum Gasteiger partial charge on any atom is 0.160 e. The van der Waals surface area contributed by atoms with Gasteiger partial charge < -0.3 is 4.42 Å². The lowest BCUT2D eigenvalue weighted by molar-refractivity contribution is 0.398. The van der Waals surface area contributed by atoms with Crippen LogP contribution in [0.4, 0.5) is 0 Å². The standard InChI is InChI=1S/C67H64N2OS/c1-5-7-9-11-13-17-31-67(32-18-14-12-10-8-6-2)58-34-44(4)22-28-52(58)53-29-26-48(39-59(53)67)61-41-60(47-25-24-46-35-50-33-43(3)21-23-45(50)36-51(46)37-47)68-66(69-61)49-27-30-64-56(38-49)57-40-55-54-19-15-16-20-62(54)70-63(55)42-65(57)71-64/h15-16,19-30,33-42H,5-14,17-18,31-32H2,1-4H3. The predicted molar refractivity (Wildman–Crippen MR) is 305 cm³/mol. The van der Waals surface area contributed by atoms with E-state index in [0.29, 0.717) is 0 Å². The van der Waals surface area contributed by atoms with Gasteiger partial charge in [-0.15, -0.1) is 11.3 Å². The zero-order chi connectivity index (χ0) is 48.1. The van der Waals surface area contributed by atoms with Crippen LogP contribution in [0.1, 0.15) is 126 Å². The van der Waals surface area contributed by atoms with Gasteiger partial charge in [-0.05, 0) is 137 Å². The summed E-state index contributed by atoms with van der Waals surface area (Å²) in [7, 11) is 0. The SMILES string of the molecule is CCCCCCCCC1(CCCCCCCC)c2cc(C)ccc2-c2ccc(-c3cc(-c4ccc5cc6cc(C)ccc6cc5c4)nc(-c4ccc5sc6cc7oc8ccccc8c7cc6c5c4)n3)cc21. The number of thiophene rings is 1. The van der Waals surface area contributed by atoms with Crippen LogP contribution in [0.2, 0.25) is 0 Å². The third kappa shape index (κ3) is 8.52. The number of para-hydroxylation sites is 1. The molecule has 3 aromatic heterocycles. The van der Waals surface area contributed by atoms with Gasteiger partial charge in [-0.3, -0.25) is 0 Å². The molecule has 0 unspecified atom stereocenters. The first kappa shape index (κ1) is 45.5. The number of aryl methyl sites for hydroxylation is 2. The van der Waals surface area contributed by atoms with Crippen LogP contribution in [-0.4, -0.2) is 9.97 Å². The molecular weight excluding hydrogens is 881 g/mol. The second-order valence-corrected chi connectivity index (χ2v) is 22.0. The van der Waals surface area contributed by atoms with Gasteiger partial charge in [0.25, 0.3) is 0 Å². The second kappa shape index (κ2) is 19.2. The number of rotatable bonds is 17. The summed E-state index contributed by atoms with van der Waals surface area (Å²) >= 11 is 1.82. The maximum atomic E-state index is 6.34. The van der Waals surface area contributed by atoms with Crippen molar-refractivity contribution in [2.45, 2.75) is 123 Å². The molecule has 8 aromatic carbocycles. The molecule has 1 aliphatic carbocycles. The average Bonchev–Trinajstić information content (AvgIpc) is 4.03. The molecule has 354 valence electrons. The molecule has 0 radical (unpaired) electrons. The zero-order valence-electron chi connectivity index (χ0n) is 42.0. The molecule has 3 nitrogen and oxygen atoms in total. The van der Waals surface area contributed by atoms with Crippen LogP contribution in [-0.2, 0) is 5.41 Å². The number of nitrogens with zero attached hydrogens (tertiary/aromatic N) is 2. The lowest BCUT2D eigenvalue weighted by Gasteiger charge is -2.33. The molecule has 0 saturated heterocycles. The lowest BCUT2D eigenvalue weighted by Crippen LogP contribution is -2.25. The van der Waals surface area contributed by atoms with Crippen LogP contribution in [0.15, 0.2) is 150 Å². The van der Waals surface area contributed by atoms with Crippen LogP contribution in [0.3, 0.4) is 0 Å². The highest BCUT2D eigenvalue weighted by molar-refractivity contribution is 7.25. The van der Waals surface area contributed by atoms with E-state index in [0.717, 1.165) is 55.8 Å². The van der Waals surface area contributed by atoms with E-state index in [-0.39, 0.29) is 5.41 Å². The van der Waals surface area contributed by atoms with Crippen LogP contribution in [0, 0.1) is 13.8 Å². The summed E-state index contributed by atoms with van der Waals surface area (Å²) < 4.78 is 8.80. The van der Waals surface area contributed by atoms with Crippen molar-refractivity contribution in [1.82, 2.24) is 9.97 Å². The third-order valence-electron chi connectivity index (χ3n) is 15.9. The van der Waals surface area contributed by atoms with Gasteiger partial charge in [0, 0.05) is 53.1 Å². The van der Waals surface area contributed by atoms with E-state index in [9.17, 15) is 0 Å². The van der Waals surface area contributed by atoms with Gasteiger partial charge in [-0.2, -0.15) is 0 Å². The Bertz CT molecular complexity index is 3780. The summed E-state index contributed by atoms with van der Waals surface area (Å²) in [5, 5.41) is 9.72. The topological polar surface area (TPSA) is 38.9 Å². The van der Waals surface area contributed by atoms with Crippen molar-refractivity contribution in [1.29, 1.82) is 0 Å². The number of unbranched alkanes of at least 4 members (excludes halogenated alkanes) is 10. The van der Waals surface area contributed by atoms with Crippen molar-refractivity contribution in [2.75, 3.05) is 0 Å². The molecule has 0 saturated carbocycles. The van der Waals surface area contributed by atoms with Gasteiger partial charge in [-0.25, -0.2) is 9.97 Å². The third-order valence-corrected chi connectivity index (χ3v) is 17.1. The first-order valence-corrected chi connectivity index (χ1v) is 27.6. The van der Waals surface area contributed by atoms with Crippen LogP contribution in [0.5, 0.6) is 0 Å². The fourth-order valence-electron chi connectivity index (χ4n) is 12.1. The minimum Gasteiger partial charge on any atom is -0.456 e. The van der Waals surface area contributed by atoms with Crippen molar-refractivity contribution >= 4 is 75.0 Å². The Labute approximate surface area is 423 Å². The fourth-order valence-corrected chi connectivity index (χ4v) is 13.2. The molecule has 1 aliphatic rings. The predicted octanol–water partition coefficient (Wildman–Crippen LogP) is 20.4. The van der Waals surface area contributed by atoms with Gasteiger partial charge >= 0.3 is 0 Å². The Balaban J connectivity index is 1.01. The number of benzene rings is 8. The maximum absolute atomic E-state index is 6.34. The summed E-state index contributed by atoms with van der Waals surface area (Å²) in [6.07, 6.45) is 18.0. The first-order valence-electron chi connectivity index (χ1n) is 26.7. The molecule has 0 fully saturated rings. The van der Waals surface area contributed by atoms with Gasteiger partial charge in [0.1, 0.15) is 11.2 Å². The Morgan fingerprint density at radius 3 is 1.77 bits per heavy atom. The van der Waals surface area contributed by atoms with E-state index < -0.39 is 0 Å². The molecule has 11 aromatic rings. The molecular formula is C67H64N2OS. The minimum atomic E-state index is -0.0304. The highest BCUT2D eigenvalue weighted by Crippen LogP contribution is 2.55. The molecule has 0 atom stereocenters. The molecule has 12 rings (SSSR count). The van der Waals surface area contributed by atoms with Gasteiger partial charge in [0.2, 0.25) is 0 Å². The molecule has 4 heteroatoms. The van der Waals surface area contributed by atoms with Crippen LogP contribution < -0.4 is 0 Å². The molecule has 0 spiro atoms. The first-order chi connectivity index (χ1) is 34.8. The summed E-state index contributed by atoms with van der Waals surface area (Å²) in [4.78, 5) is 11.1. The van der Waals surface area contributed by atoms with E-state index in [2.05, 4.69) is 167 Å². The lowest BCUT2D eigenvalue weighted by atomic mass is 9.70. The second-order valence-electron chi connectivity index (χ2n) is 20.9. The zero-order valence-corrected chi connectivity index (χ0v) is 42.8. The van der Waals surface area contributed by atoms with E-state index in [1.54, 1.807) is 5.56 Å². The summed E-state index contributed by atoms with van der Waals surface area (Å²) in [5.74, 6) is 0.743. The normalized spacial score (nSPS) is 13.1. The van der Waals surface area contributed by atoms with E-state index in [1.165, 1.54) is 159 Å². The highest BCUT2D eigenvalue weighted by Gasteiger charge is 2.42. The molecule has 0 aliphatic heterocycles. The quantitative estimate of drug-likeness (QED) is 0.0674. The molecule has 0 amide bonds. The van der Waals surface area contributed by atoms with Crippen molar-refractivity contribution in [2.24, 2.45) is 0 Å². The van der Waals surface area contributed by atoms with Gasteiger partial charge in [0.05, 0.1) is 11.4 Å². The van der Waals surface area contributed by atoms with Gasteiger partial charge in [-0.1, -0.05) is 181 Å². The molecule has 0 bridgehead atoms. The minimum absolute atomic E-state index is 0.0304.